The van der Waals surface area contributed by atoms with Crippen LogP contribution in [0.15, 0.2) is 42.6 Å². The van der Waals surface area contributed by atoms with E-state index in [-0.39, 0.29) is 29.6 Å². The topological polar surface area (TPSA) is 102 Å². The lowest BCUT2D eigenvalue weighted by molar-refractivity contribution is -0.143. The minimum Gasteiger partial charge on any atom is -0.481 e. The molecule has 0 saturated heterocycles. The van der Waals surface area contributed by atoms with Gasteiger partial charge in [-0.25, -0.2) is 9.78 Å². The van der Waals surface area contributed by atoms with Crippen LogP contribution in [0.1, 0.15) is 69.3 Å². The summed E-state index contributed by atoms with van der Waals surface area (Å²) in [5.74, 6) is 0.0199. The van der Waals surface area contributed by atoms with Gasteiger partial charge in [0.25, 0.3) is 0 Å². The Morgan fingerprint density at radius 1 is 1.05 bits per heavy atom. The number of ether oxygens (including phenoxy) is 1. The molecule has 2 saturated carbocycles. The molecule has 0 unspecified atom stereocenters. The van der Waals surface area contributed by atoms with Crippen LogP contribution in [0.3, 0.4) is 0 Å². The smallest absolute Gasteiger partial charge is 0.414 e. The van der Waals surface area contributed by atoms with Gasteiger partial charge in [-0.3, -0.25) is 14.4 Å². The molecule has 2 fully saturated rings. The van der Waals surface area contributed by atoms with E-state index in [0.29, 0.717) is 12.8 Å². The molecule has 4 aromatic rings. The minimum atomic E-state index is -0.697. The Morgan fingerprint density at radius 3 is 2.51 bits per heavy atom. The van der Waals surface area contributed by atoms with Gasteiger partial charge in [-0.2, -0.15) is 5.10 Å². The summed E-state index contributed by atoms with van der Waals surface area (Å²) in [6, 6.07) is 12.5. The number of nitrogens with zero attached hydrogens (tertiary/aromatic N) is 5. The summed E-state index contributed by atoms with van der Waals surface area (Å²) in [5, 5.41) is 15.7. The number of carboxylic acid groups (broad SMARTS) is 1. The molecule has 7 rings (SSSR count). The zero-order chi connectivity index (χ0) is 26.9. The average molecular weight is 528 g/mol. The largest absolute Gasteiger partial charge is 0.481 e. The van der Waals surface area contributed by atoms with Crippen molar-refractivity contribution in [1.29, 1.82) is 0 Å². The van der Waals surface area contributed by atoms with E-state index >= 15 is 0 Å². The molecule has 2 aromatic carbocycles. The van der Waals surface area contributed by atoms with E-state index in [9.17, 15) is 14.7 Å². The van der Waals surface area contributed by atoms with Crippen LogP contribution in [-0.2, 0) is 21.5 Å². The van der Waals surface area contributed by atoms with Crippen molar-refractivity contribution in [2.45, 2.75) is 75.9 Å². The molecule has 1 N–H and O–H groups in total. The minimum absolute atomic E-state index is 0.0431. The molecular weight excluding hydrogens is 494 g/mol. The van der Waals surface area contributed by atoms with Gasteiger partial charge < -0.3 is 14.4 Å². The van der Waals surface area contributed by atoms with Gasteiger partial charge in [0.05, 0.1) is 35.3 Å². The number of carboxylic acids is 1. The van der Waals surface area contributed by atoms with E-state index in [1.54, 1.807) is 4.90 Å². The zero-order valence-corrected chi connectivity index (χ0v) is 22.3. The number of fused-ring (bicyclic) bond motifs is 4. The number of carbonyl (C=O) groups is 2. The third-order valence-electron chi connectivity index (χ3n) is 9.23. The van der Waals surface area contributed by atoms with Crippen molar-refractivity contribution < 1.29 is 19.4 Å². The predicted molar refractivity (Wildman–Crippen MR) is 147 cm³/mol. The molecule has 1 amide bonds. The van der Waals surface area contributed by atoms with Crippen molar-refractivity contribution in [3.8, 4) is 0 Å². The van der Waals surface area contributed by atoms with Gasteiger partial charge in [0.1, 0.15) is 11.4 Å². The fourth-order valence-electron chi connectivity index (χ4n) is 6.91. The van der Waals surface area contributed by atoms with E-state index in [4.69, 9.17) is 14.8 Å². The Labute approximate surface area is 226 Å². The molecule has 2 aromatic heterocycles. The average Bonchev–Trinajstić information content (AvgIpc) is 3.47. The molecule has 3 heterocycles. The quantitative estimate of drug-likeness (QED) is 0.368. The van der Waals surface area contributed by atoms with Crippen molar-refractivity contribution in [2.24, 2.45) is 5.92 Å². The molecule has 0 radical (unpaired) electrons. The lowest BCUT2D eigenvalue weighted by Gasteiger charge is -2.34. The summed E-state index contributed by atoms with van der Waals surface area (Å²) in [6.45, 7) is 2.05. The van der Waals surface area contributed by atoms with E-state index in [2.05, 4.69) is 34.5 Å². The molecular formula is C30H33N5O4. The lowest BCUT2D eigenvalue weighted by Crippen LogP contribution is -2.42. The molecule has 39 heavy (non-hydrogen) atoms. The first-order valence-corrected chi connectivity index (χ1v) is 14.0. The molecule has 1 aliphatic heterocycles. The van der Waals surface area contributed by atoms with Crippen LogP contribution in [0.2, 0.25) is 0 Å². The SMILES string of the molecule is COC(=O)N1c2ccc3c(nc(C4(n5cc6ccccc6n5)CC4)n3C3CCC(C(=O)O)CC3)c2CC[C@@H]1C. The molecule has 2 aliphatic carbocycles. The maximum atomic E-state index is 12.7. The molecule has 9 nitrogen and oxygen atoms in total. The Balaban J connectivity index is 1.41. The van der Waals surface area contributed by atoms with Crippen LogP contribution in [-0.4, -0.2) is 49.7 Å². The first-order chi connectivity index (χ1) is 18.9. The molecule has 9 heteroatoms. The number of hydrogen-bond acceptors (Lipinski definition) is 5. The lowest BCUT2D eigenvalue weighted by atomic mass is 9.85. The number of hydrogen-bond donors (Lipinski definition) is 1. The van der Waals surface area contributed by atoms with E-state index in [0.717, 1.165) is 77.5 Å². The summed E-state index contributed by atoms with van der Waals surface area (Å²) in [7, 11) is 1.42. The highest BCUT2D eigenvalue weighted by Crippen LogP contribution is 2.52. The van der Waals surface area contributed by atoms with Gasteiger partial charge in [0.2, 0.25) is 0 Å². The molecule has 0 bridgehead atoms. The van der Waals surface area contributed by atoms with Gasteiger partial charge in [-0.05, 0) is 76.5 Å². The Hall–Kier alpha value is -3.88. The number of aliphatic carboxylic acids is 1. The fraction of sp³-hybridized carbons (Fsp3) is 0.467. The van der Waals surface area contributed by atoms with E-state index in [1.807, 2.05) is 24.3 Å². The summed E-state index contributed by atoms with van der Waals surface area (Å²) >= 11 is 0. The summed E-state index contributed by atoms with van der Waals surface area (Å²) in [4.78, 5) is 31.6. The number of benzene rings is 2. The second kappa shape index (κ2) is 8.83. The maximum Gasteiger partial charge on any atom is 0.414 e. The summed E-state index contributed by atoms with van der Waals surface area (Å²) < 4.78 is 9.64. The summed E-state index contributed by atoms with van der Waals surface area (Å²) in [6.07, 6.45) is 8.27. The van der Waals surface area contributed by atoms with Crippen LogP contribution < -0.4 is 4.90 Å². The van der Waals surface area contributed by atoms with Crippen LogP contribution in [0.5, 0.6) is 0 Å². The molecule has 1 atom stereocenters. The number of rotatable bonds is 4. The van der Waals surface area contributed by atoms with Crippen molar-refractivity contribution >= 4 is 39.7 Å². The highest BCUT2D eigenvalue weighted by atomic mass is 16.5. The molecule has 0 spiro atoms. The standard InChI is InChI=1S/C30H33N5O4/c1-18-7-12-22-24(34(18)29(38)39-2)13-14-25-26(22)31-28(35(25)21-10-8-19(9-11-21)27(36)37)30(15-16-30)33-17-20-5-3-4-6-23(20)32-33/h3-6,13-14,17-19,21H,7-12,15-16H2,1-2H3,(H,36,37)/t18-,19?,21?/m0/s1. The second-order valence-electron chi connectivity index (χ2n) is 11.5. The second-order valence-corrected chi connectivity index (χ2v) is 11.5. The Morgan fingerprint density at radius 2 is 1.82 bits per heavy atom. The van der Waals surface area contributed by atoms with Gasteiger partial charge in [0, 0.05) is 29.2 Å². The monoisotopic (exact) mass is 527 g/mol. The van der Waals surface area contributed by atoms with Gasteiger partial charge in [-0.1, -0.05) is 18.2 Å². The van der Waals surface area contributed by atoms with Gasteiger partial charge in [-0.15, -0.1) is 0 Å². The van der Waals surface area contributed by atoms with Crippen molar-refractivity contribution in [3.63, 3.8) is 0 Å². The van der Waals surface area contributed by atoms with Gasteiger partial charge >= 0.3 is 12.1 Å². The highest BCUT2D eigenvalue weighted by Gasteiger charge is 2.52. The number of aryl methyl sites for hydroxylation is 1. The first-order valence-electron chi connectivity index (χ1n) is 14.0. The van der Waals surface area contributed by atoms with Crippen LogP contribution in [0.25, 0.3) is 21.9 Å². The van der Waals surface area contributed by atoms with E-state index < -0.39 is 5.97 Å². The van der Waals surface area contributed by atoms with E-state index in [1.165, 1.54) is 7.11 Å². The van der Waals surface area contributed by atoms with Crippen molar-refractivity contribution in [1.82, 2.24) is 19.3 Å². The normalized spacial score (nSPS) is 24.1. The van der Waals surface area contributed by atoms with Crippen LogP contribution in [0.4, 0.5) is 10.5 Å². The van der Waals surface area contributed by atoms with Crippen LogP contribution >= 0.6 is 0 Å². The van der Waals surface area contributed by atoms with Crippen molar-refractivity contribution in [2.75, 3.05) is 12.0 Å². The summed E-state index contributed by atoms with van der Waals surface area (Å²) in [5.41, 5.74) is 4.58. The predicted octanol–water partition coefficient (Wildman–Crippen LogP) is 5.65. The Kier molecular flexibility index (Phi) is 5.47. The zero-order valence-electron chi connectivity index (χ0n) is 22.3. The Bertz CT molecular complexity index is 1580. The third kappa shape index (κ3) is 3.66. The highest BCUT2D eigenvalue weighted by molar-refractivity contribution is 5.95. The first kappa shape index (κ1) is 24.2. The fourth-order valence-corrected chi connectivity index (χ4v) is 6.91. The third-order valence-corrected chi connectivity index (χ3v) is 9.23. The van der Waals surface area contributed by atoms with Crippen LogP contribution in [0, 0.1) is 5.92 Å². The number of imidazole rings is 1. The molecule has 3 aliphatic rings. The number of anilines is 1. The van der Waals surface area contributed by atoms with Crippen molar-refractivity contribution in [3.05, 3.63) is 54.0 Å². The van der Waals surface area contributed by atoms with Gasteiger partial charge in [0.15, 0.2) is 0 Å². The maximum absolute atomic E-state index is 12.7. The number of aromatic nitrogens is 4. The molecule has 202 valence electrons. The number of carbonyl (C=O) groups excluding carboxylic acids is 1. The number of amides is 1. The number of methoxy groups -OCH3 is 1.